The lowest BCUT2D eigenvalue weighted by atomic mass is 9.89. The number of fused-ring (bicyclic) bond motifs is 8. The fourth-order valence-corrected chi connectivity index (χ4v) is 12.5. The summed E-state index contributed by atoms with van der Waals surface area (Å²) in [5.74, 6) is 3.97. The smallest absolute Gasteiger partial charge is 0.230 e. The average molecular weight is 717 g/mol. The molecular formula is C52H32O2Si. The first-order valence-electron chi connectivity index (χ1n) is 18.7. The molecule has 3 heteroatoms. The molecule has 2 heterocycles. The van der Waals surface area contributed by atoms with Crippen molar-refractivity contribution >= 4 is 89.1 Å². The molecule has 55 heavy (non-hydrogen) atoms. The average Bonchev–Trinajstić information content (AvgIpc) is 3.82. The second-order valence-corrected chi connectivity index (χ2v) is 17.7. The zero-order chi connectivity index (χ0) is 36.3. The van der Waals surface area contributed by atoms with E-state index >= 15 is 0 Å². The Labute approximate surface area is 318 Å². The third-order valence-corrected chi connectivity index (χ3v) is 15.2. The fourth-order valence-electron chi connectivity index (χ4n) is 8.66. The van der Waals surface area contributed by atoms with Gasteiger partial charge in [-0.25, -0.2) is 0 Å². The summed E-state index contributed by atoms with van der Waals surface area (Å²) in [5, 5.41) is 12.7. The first-order valence-corrected chi connectivity index (χ1v) is 20.7. The molecule has 0 aliphatic carbocycles. The third kappa shape index (κ3) is 4.89. The highest BCUT2D eigenvalue weighted by Crippen LogP contribution is 2.39. The Kier molecular flexibility index (Phi) is 7.13. The Hall–Kier alpha value is -7.12. The van der Waals surface area contributed by atoms with Gasteiger partial charge in [0, 0.05) is 27.1 Å². The standard InChI is InChI=1S/C52H32O2Si/c1-3-15-35(16-4-1)52-44-23-9-7-19-39(44)41(40-20-8-10-24-45(40)52)31-32-55(36-17-5-2-6-18-36,37-27-29-50-46(33-37)42-21-11-13-25-48(42)53-50)38-28-30-51-47(34-38)43-22-12-14-26-49(43)54-51/h1-30,33-34H. The van der Waals surface area contributed by atoms with Crippen molar-refractivity contribution in [3.05, 3.63) is 200 Å². The van der Waals surface area contributed by atoms with E-state index in [4.69, 9.17) is 8.83 Å². The molecule has 0 bridgehead atoms. The van der Waals surface area contributed by atoms with E-state index in [1.54, 1.807) is 0 Å². The molecule has 256 valence electrons. The van der Waals surface area contributed by atoms with E-state index in [1.807, 2.05) is 24.3 Å². The second-order valence-electron chi connectivity index (χ2n) is 14.2. The quantitative estimate of drug-likeness (QED) is 0.0784. The van der Waals surface area contributed by atoms with Crippen molar-refractivity contribution < 1.29 is 8.83 Å². The van der Waals surface area contributed by atoms with Crippen LogP contribution in [0.15, 0.2) is 203 Å². The van der Waals surface area contributed by atoms with Crippen LogP contribution < -0.4 is 15.6 Å². The number of hydrogen-bond acceptors (Lipinski definition) is 2. The van der Waals surface area contributed by atoms with Crippen molar-refractivity contribution in [1.29, 1.82) is 0 Å². The van der Waals surface area contributed by atoms with Crippen molar-refractivity contribution in [2.75, 3.05) is 0 Å². The maximum Gasteiger partial charge on any atom is 0.230 e. The minimum absolute atomic E-state index is 0.874. The van der Waals surface area contributed by atoms with Gasteiger partial charge < -0.3 is 8.83 Å². The molecule has 0 saturated heterocycles. The molecule has 11 aromatic rings. The fraction of sp³-hybridized carbons (Fsp3) is 0. The van der Waals surface area contributed by atoms with Crippen molar-refractivity contribution in [2.24, 2.45) is 0 Å². The zero-order valence-electron chi connectivity index (χ0n) is 29.8. The molecule has 0 aliphatic rings. The maximum atomic E-state index is 6.37. The van der Waals surface area contributed by atoms with Crippen LogP contribution in [-0.2, 0) is 0 Å². The van der Waals surface area contributed by atoms with Gasteiger partial charge in [-0.3, -0.25) is 0 Å². The van der Waals surface area contributed by atoms with E-state index in [1.165, 1.54) is 37.5 Å². The topological polar surface area (TPSA) is 26.3 Å². The number of furan rings is 2. The summed E-state index contributed by atoms with van der Waals surface area (Å²) in [5.41, 5.74) is 11.2. The maximum absolute atomic E-state index is 6.37. The summed E-state index contributed by atoms with van der Waals surface area (Å²) in [7, 11) is -3.16. The van der Waals surface area contributed by atoms with Crippen molar-refractivity contribution in [1.82, 2.24) is 0 Å². The molecule has 0 amide bonds. The molecule has 0 N–H and O–H groups in total. The highest BCUT2D eigenvalue weighted by molar-refractivity contribution is 7.17. The van der Waals surface area contributed by atoms with Crippen LogP contribution in [0, 0.1) is 11.5 Å². The van der Waals surface area contributed by atoms with Crippen LogP contribution >= 0.6 is 0 Å². The van der Waals surface area contributed by atoms with Gasteiger partial charge in [-0.2, -0.15) is 0 Å². The van der Waals surface area contributed by atoms with Gasteiger partial charge in [0.25, 0.3) is 0 Å². The van der Waals surface area contributed by atoms with Gasteiger partial charge in [0.15, 0.2) is 0 Å². The Balaban J connectivity index is 1.27. The lowest BCUT2D eigenvalue weighted by Crippen LogP contribution is -2.66. The highest BCUT2D eigenvalue weighted by atomic mass is 28.3. The zero-order valence-corrected chi connectivity index (χ0v) is 30.8. The Bertz CT molecular complexity index is 3150. The van der Waals surface area contributed by atoms with Crippen LogP contribution in [0.5, 0.6) is 0 Å². The summed E-state index contributed by atoms with van der Waals surface area (Å²) in [6.07, 6.45) is 0. The van der Waals surface area contributed by atoms with E-state index in [9.17, 15) is 0 Å². The van der Waals surface area contributed by atoms with E-state index in [2.05, 4.69) is 181 Å². The minimum atomic E-state index is -3.16. The molecule has 0 saturated carbocycles. The summed E-state index contributed by atoms with van der Waals surface area (Å²) in [6.45, 7) is 0. The van der Waals surface area contributed by atoms with Gasteiger partial charge in [0.05, 0.1) is 0 Å². The minimum Gasteiger partial charge on any atom is -0.456 e. The lowest BCUT2D eigenvalue weighted by molar-refractivity contribution is 0.668. The number of rotatable bonds is 4. The van der Waals surface area contributed by atoms with Crippen molar-refractivity contribution in [3.63, 3.8) is 0 Å². The summed E-state index contributed by atoms with van der Waals surface area (Å²) in [4.78, 5) is 0. The first kappa shape index (κ1) is 31.4. The molecule has 0 aliphatic heterocycles. The third-order valence-electron chi connectivity index (χ3n) is 11.2. The number of para-hydroxylation sites is 2. The molecule has 0 radical (unpaired) electrons. The first-order chi connectivity index (χ1) is 27.3. The summed E-state index contributed by atoms with van der Waals surface area (Å²) >= 11 is 0. The molecule has 0 spiro atoms. The van der Waals surface area contributed by atoms with Crippen molar-refractivity contribution in [2.45, 2.75) is 0 Å². The van der Waals surface area contributed by atoms with Gasteiger partial charge in [0.1, 0.15) is 22.3 Å². The van der Waals surface area contributed by atoms with Crippen molar-refractivity contribution in [3.8, 4) is 22.6 Å². The predicted molar refractivity (Wildman–Crippen MR) is 232 cm³/mol. The summed E-state index contributed by atoms with van der Waals surface area (Å²) in [6, 6.07) is 69.3. The Morgan fingerprint density at radius 3 is 1.27 bits per heavy atom. The SMILES string of the molecule is C(#C[Si](c1ccccc1)(c1ccc2oc3ccccc3c2c1)c1ccc2oc3ccccc3c2c1)c1c2ccccc2c(-c2ccccc2)c2ccccc12. The van der Waals surface area contributed by atoms with Gasteiger partial charge in [-0.05, 0) is 84.6 Å². The lowest BCUT2D eigenvalue weighted by Gasteiger charge is -2.28. The molecule has 2 aromatic heterocycles. The molecule has 0 atom stereocenters. The van der Waals surface area contributed by atoms with Crippen LogP contribution in [0.2, 0.25) is 0 Å². The summed E-state index contributed by atoms with van der Waals surface area (Å²) < 4.78 is 12.7. The molecule has 0 fully saturated rings. The number of benzene rings is 9. The largest absolute Gasteiger partial charge is 0.456 e. The van der Waals surface area contributed by atoms with E-state index in [0.29, 0.717) is 0 Å². The van der Waals surface area contributed by atoms with Gasteiger partial charge >= 0.3 is 0 Å². The second kappa shape index (κ2) is 12.5. The van der Waals surface area contributed by atoms with Gasteiger partial charge in [-0.15, -0.1) is 5.54 Å². The van der Waals surface area contributed by atoms with Crippen LogP contribution in [0.3, 0.4) is 0 Å². The van der Waals surface area contributed by atoms with Crippen LogP contribution in [0.1, 0.15) is 5.56 Å². The predicted octanol–water partition coefficient (Wildman–Crippen LogP) is 11.5. The van der Waals surface area contributed by atoms with Crippen LogP contribution in [0.4, 0.5) is 0 Å². The molecule has 11 rings (SSSR count). The highest BCUT2D eigenvalue weighted by Gasteiger charge is 2.39. The van der Waals surface area contributed by atoms with Gasteiger partial charge in [0.2, 0.25) is 8.07 Å². The molecule has 2 nitrogen and oxygen atoms in total. The Morgan fingerprint density at radius 2 is 0.745 bits per heavy atom. The molecule has 9 aromatic carbocycles. The van der Waals surface area contributed by atoms with E-state index in [-0.39, 0.29) is 0 Å². The normalized spacial score (nSPS) is 11.9. The Morgan fingerprint density at radius 1 is 0.327 bits per heavy atom. The van der Waals surface area contributed by atoms with E-state index in [0.717, 1.165) is 60.2 Å². The van der Waals surface area contributed by atoms with Crippen LogP contribution in [-0.4, -0.2) is 8.07 Å². The van der Waals surface area contributed by atoms with Crippen LogP contribution in [0.25, 0.3) is 76.5 Å². The van der Waals surface area contributed by atoms with E-state index < -0.39 is 8.07 Å². The molecule has 0 unspecified atom stereocenters. The monoisotopic (exact) mass is 716 g/mol. The number of hydrogen-bond donors (Lipinski definition) is 0. The van der Waals surface area contributed by atoms with Gasteiger partial charge in [-0.1, -0.05) is 164 Å². The molecular weight excluding hydrogens is 685 g/mol.